The van der Waals surface area contributed by atoms with Gasteiger partial charge in [-0.15, -0.1) is 0 Å². The highest BCUT2D eigenvalue weighted by Gasteiger charge is 2.41. The molecule has 64 heavy (non-hydrogen) atoms. The van der Waals surface area contributed by atoms with E-state index >= 15 is 0 Å². The van der Waals surface area contributed by atoms with Gasteiger partial charge in [-0.2, -0.15) is 11.8 Å². The molecule has 348 valence electrons. The van der Waals surface area contributed by atoms with Crippen LogP contribution < -0.4 is 32.3 Å². The monoisotopic (exact) mass is 908 g/mol. The van der Waals surface area contributed by atoms with Gasteiger partial charge in [0.15, 0.2) is 0 Å². The summed E-state index contributed by atoms with van der Waals surface area (Å²) in [6.45, 7) is 5.12. The number of aromatic nitrogens is 1. The van der Waals surface area contributed by atoms with E-state index in [9.17, 15) is 53.7 Å². The third kappa shape index (κ3) is 14.5. The zero-order chi connectivity index (χ0) is 47.1. The number of aliphatic carboxylic acids is 2. The van der Waals surface area contributed by atoms with Crippen LogP contribution in [-0.4, -0.2) is 140 Å². The van der Waals surface area contributed by atoms with Crippen molar-refractivity contribution in [2.45, 2.75) is 114 Å². The molecule has 4 rings (SSSR count). The van der Waals surface area contributed by atoms with E-state index in [0.717, 1.165) is 4.90 Å². The first-order valence-electron chi connectivity index (χ1n) is 21.2. The van der Waals surface area contributed by atoms with Gasteiger partial charge in [0.05, 0.1) is 18.6 Å². The fourth-order valence-corrected chi connectivity index (χ4v) is 7.97. The third-order valence-electron chi connectivity index (χ3n) is 10.8. The first-order valence-corrected chi connectivity index (χ1v) is 22.6. The Balaban J connectivity index is 1.63. The molecular weight excluding hydrogens is 849 g/mol. The van der Waals surface area contributed by atoms with E-state index in [1.165, 1.54) is 18.7 Å². The SMILES string of the molecule is CSCC[C@H](NC(=O)[C@@H](N)CC(C)C)C(=O)N[C@@H](Cc1ccccc1)C(=O)N[C@@H](CC(=O)O)C(=O)N[C@@H](Cc1c[nH]c2ccccc12)C(=O)N[C@H](C(=O)N1CCC[C@H]1C(=O)O)[C@@H](C)O. The number of nitrogens with one attached hydrogen (secondary N) is 6. The van der Waals surface area contributed by atoms with E-state index in [4.69, 9.17) is 5.73 Å². The Morgan fingerprint density at radius 2 is 1.36 bits per heavy atom. The number of carboxylic acids is 2. The number of para-hydroxylation sites is 1. The molecule has 20 heteroatoms. The van der Waals surface area contributed by atoms with Crippen LogP contribution in [0.5, 0.6) is 0 Å². The molecule has 1 aliphatic rings. The van der Waals surface area contributed by atoms with E-state index < -0.39 is 102 Å². The van der Waals surface area contributed by atoms with Crippen LogP contribution in [0, 0.1) is 5.92 Å². The number of hydrogen-bond donors (Lipinski definition) is 10. The predicted molar refractivity (Wildman–Crippen MR) is 239 cm³/mol. The molecule has 1 aliphatic heterocycles. The van der Waals surface area contributed by atoms with Crippen molar-refractivity contribution in [2.24, 2.45) is 11.7 Å². The second-order valence-corrected chi connectivity index (χ2v) is 17.4. The Hall–Kier alpha value is -5.99. The number of carboxylic acid groups (broad SMARTS) is 2. The molecule has 1 fully saturated rings. The van der Waals surface area contributed by atoms with Crippen molar-refractivity contribution in [2.75, 3.05) is 18.6 Å². The van der Waals surface area contributed by atoms with Gasteiger partial charge in [0.1, 0.15) is 36.3 Å². The minimum absolute atomic E-state index is 0.0756. The van der Waals surface area contributed by atoms with Gasteiger partial charge < -0.3 is 57.5 Å². The largest absolute Gasteiger partial charge is 0.481 e. The standard InChI is InChI=1S/C44H60N8O11S/c1-24(2)19-29(45)38(56)47-31(16-18-64-4)39(57)48-32(20-26-11-6-5-7-12-26)40(58)50-34(22-36(54)55)41(59)49-33(21-27-23-46-30-14-9-8-13-28(27)30)42(60)51-37(25(3)53)43(61)52-17-10-15-35(52)44(62)63/h5-9,11-14,23-25,29,31-35,37,46,53H,10,15-22,45H2,1-4H3,(H,47,56)(H,48,57)(H,49,59)(H,50,58)(H,51,60)(H,54,55)(H,62,63)/t25-,29+,31+,32+,33+,34+,35+,37+/m1/s1. The van der Waals surface area contributed by atoms with Gasteiger partial charge in [0.25, 0.3) is 0 Å². The quantitative estimate of drug-likeness (QED) is 0.0585. The molecule has 0 bridgehead atoms. The first-order chi connectivity index (χ1) is 30.4. The lowest BCUT2D eigenvalue weighted by molar-refractivity contribution is -0.150. The highest BCUT2D eigenvalue weighted by molar-refractivity contribution is 7.98. The number of carbonyl (C=O) groups excluding carboxylic acids is 6. The summed E-state index contributed by atoms with van der Waals surface area (Å²) in [5.74, 6) is -7.28. The number of aromatic amines is 1. The number of fused-ring (bicyclic) bond motifs is 1. The Labute approximate surface area is 375 Å². The van der Waals surface area contributed by atoms with Gasteiger partial charge in [0.2, 0.25) is 35.4 Å². The van der Waals surface area contributed by atoms with Crippen molar-refractivity contribution in [1.82, 2.24) is 36.5 Å². The van der Waals surface area contributed by atoms with Crippen molar-refractivity contribution >= 4 is 70.0 Å². The van der Waals surface area contributed by atoms with E-state index in [0.29, 0.717) is 40.6 Å². The van der Waals surface area contributed by atoms with Gasteiger partial charge >= 0.3 is 11.9 Å². The van der Waals surface area contributed by atoms with Crippen LogP contribution in [-0.2, 0) is 51.2 Å². The van der Waals surface area contributed by atoms with Crippen LogP contribution in [0.4, 0.5) is 0 Å². The summed E-state index contributed by atoms with van der Waals surface area (Å²) in [4.78, 5) is 111. The van der Waals surface area contributed by atoms with Gasteiger partial charge in [-0.25, -0.2) is 4.79 Å². The molecule has 3 aromatic rings. The lowest BCUT2D eigenvalue weighted by atomic mass is 10.0. The van der Waals surface area contributed by atoms with Gasteiger partial charge in [0, 0.05) is 36.5 Å². The summed E-state index contributed by atoms with van der Waals surface area (Å²) in [5, 5.41) is 43.8. The molecular formula is C44H60N8O11S. The van der Waals surface area contributed by atoms with Gasteiger partial charge in [-0.1, -0.05) is 62.4 Å². The Morgan fingerprint density at radius 3 is 1.98 bits per heavy atom. The van der Waals surface area contributed by atoms with Crippen molar-refractivity contribution in [3.63, 3.8) is 0 Å². The average Bonchev–Trinajstić information content (AvgIpc) is 3.91. The molecule has 19 nitrogen and oxygen atoms in total. The van der Waals surface area contributed by atoms with E-state index in [1.54, 1.807) is 60.8 Å². The van der Waals surface area contributed by atoms with Crippen molar-refractivity contribution in [3.8, 4) is 0 Å². The molecule has 0 radical (unpaired) electrons. The molecule has 0 saturated carbocycles. The number of nitrogens with zero attached hydrogens (tertiary/aromatic N) is 1. The summed E-state index contributed by atoms with van der Waals surface area (Å²) in [6, 6.07) is 6.18. The lowest BCUT2D eigenvalue weighted by Crippen LogP contribution is -2.61. The Morgan fingerprint density at radius 1 is 0.781 bits per heavy atom. The Bertz CT molecular complexity index is 2120. The number of aliphatic hydroxyl groups is 1. The van der Waals surface area contributed by atoms with Gasteiger partial charge in [-0.3, -0.25) is 33.6 Å². The fraction of sp³-hybridized carbons (Fsp3) is 0.500. The molecule has 6 amide bonds. The predicted octanol–water partition coefficient (Wildman–Crippen LogP) is 0.435. The van der Waals surface area contributed by atoms with Crippen LogP contribution >= 0.6 is 11.8 Å². The lowest BCUT2D eigenvalue weighted by Gasteiger charge is -2.30. The molecule has 8 atom stereocenters. The topological polar surface area (TPSA) is 302 Å². The van der Waals surface area contributed by atoms with Crippen molar-refractivity contribution < 1.29 is 53.7 Å². The first kappa shape index (κ1) is 50.7. The number of hydrogen-bond acceptors (Lipinski definition) is 11. The summed E-state index contributed by atoms with van der Waals surface area (Å²) in [5.41, 5.74) is 7.95. The normalized spacial score (nSPS) is 17.0. The molecule has 2 aromatic carbocycles. The van der Waals surface area contributed by atoms with E-state index in [1.807, 2.05) is 20.1 Å². The van der Waals surface area contributed by atoms with Crippen molar-refractivity contribution in [3.05, 3.63) is 71.9 Å². The maximum Gasteiger partial charge on any atom is 0.326 e. The number of thioether (sulfide) groups is 1. The van der Waals surface area contributed by atoms with E-state index in [2.05, 4.69) is 31.6 Å². The number of rotatable bonds is 24. The molecule has 2 heterocycles. The molecule has 0 aliphatic carbocycles. The second kappa shape index (κ2) is 24.2. The highest BCUT2D eigenvalue weighted by Crippen LogP contribution is 2.21. The zero-order valence-electron chi connectivity index (χ0n) is 36.4. The summed E-state index contributed by atoms with van der Waals surface area (Å²) >= 11 is 1.43. The van der Waals surface area contributed by atoms with Crippen LogP contribution in [0.3, 0.4) is 0 Å². The van der Waals surface area contributed by atoms with Crippen LogP contribution in [0.25, 0.3) is 10.9 Å². The fourth-order valence-electron chi connectivity index (χ4n) is 7.50. The minimum atomic E-state index is -1.81. The molecule has 1 saturated heterocycles. The average molecular weight is 909 g/mol. The molecule has 0 unspecified atom stereocenters. The third-order valence-corrected chi connectivity index (χ3v) is 11.5. The molecule has 0 spiro atoms. The number of carbonyl (C=O) groups is 8. The number of nitrogens with two attached hydrogens (primary N) is 1. The Kier molecular flexibility index (Phi) is 19.1. The van der Waals surface area contributed by atoms with Crippen LogP contribution in [0.2, 0.25) is 0 Å². The highest BCUT2D eigenvalue weighted by atomic mass is 32.2. The maximum atomic E-state index is 14.2. The van der Waals surface area contributed by atoms with Crippen LogP contribution in [0.15, 0.2) is 60.8 Å². The smallest absolute Gasteiger partial charge is 0.326 e. The van der Waals surface area contributed by atoms with Crippen LogP contribution in [0.1, 0.15) is 64.0 Å². The number of amides is 6. The summed E-state index contributed by atoms with van der Waals surface area (Å²) in [7, 11) is 0. The number of benzene rings is 2. The summed E-state index contributed by atoms with van der Waals surface area (Å²) < 4.78 is 0. The second-order valence-electron chi connectivity index (χ2n) is 16.4. The maximum absolute atomic E-state index is 14.2. The number of H-pyrrole nitrogens is 1. The van der Waals surface area contributed by atoms with Crippen molar-refractivity contribution in [1.29, 1.82) is 0 Å². The number of likely N-dealkylation sites (tertiary alicyclic amines) is 1. The summed E-state index contributed by atoms with van der Waals surface area (Å²) in [6.07, 6.45) is 1.78. The van der Waals surface area contributed by atoms with E-state index in [-0.39, 0.29) is 38.1 Å². The number of aliphatic hydroxyl groups excluding tert-OH is 1. The minimum Gasteiger partial charge on any atom is -0.481 e. The molecule has 11 N–H and O–H groups in total. The van der Waals surface area contributed by atoms with Gasteiger partial charge in [-0.05, 0) is 67.7 Å². The zero-order valence-corrected chi connectivity index (χ0v) is 37.2. The molecule has 1 aromatic heterocycles.